The minimum atomic E-state index is -0.685. The Kier molecular flexibility index (Phi) is 6.49. The van der Waals surface area contributed by atoms with Gasteiger partial charge in [0.25, 0.3) is 5.56 Å². The molecular weight excluding hydrogens is 480 g/mol. The molecule has 0 fully saturated rings. The van der Waals surface area contributed by atoms with Gasteiger partial charge in [-0.25, -0.2) is 9.79 Å². The van der Waals surface area contributed by atoms with Crippen molar-refractivity contribution in [1.29, 1.82) is 0 Å². The van der Waals surface area contributed by atoms with E-state index in [1.807, 2.05) is 78.9 Å². The van der Waals surface area contributed by atoms with Crippen molar-refractivity contribution in [3.8, 4) is 0 Å². The molecule has 0 saturated heterocycles. The third kappa shape index (κ3) is 4.38. The molecular formula is C28H21ClN2O3S. The van der Waals surface area contributed by atoms with Crippen molar-refractivity contribution in [2.45, 2.75) is 13.0 Å². The van der Waals surface area contributed by atoms with Crippen molar-refractivity contribution in [2.75, 3.05) is 6.61 Å². The van der Waals surface area contributed by atoms with Crippen LogP contribution < -0.4 is 14.9 Å². The monoisotopic (exact) mass is 500 g/mol. The number of halogens is 1. The number of rotatable bonds is 5. The molecule has 0 bridgehead atoms. The topological polar surface area (TPSA) is 60.7 Å². The van der Waals surface area contributed by atoms with Gasteiger partial charge in [0.1, 0.15) is 0 Å². The first-order valence-corrected chi connectivity index (χ1v) is 12.4. The molecule has 2 heterocycles. The molecule has 174 valence electrons. The fourth-order valence-corrected chi connectivity index (χ4v) is 5.31. The van der Waals surface area contributed by atoms with Crippen molar-refractivity contribution >= 4 is 40.7 Å². The predicted molar refractivity (Wildman–Crippen MR) is 139 cm³/mol. The number of hydrogen-bond acceptors (Lipinski definition) is 5. The maximum absolute atomic E-state index is 13.7. The maximum atomic E-state index is 13.7. The lowest BCUT2D eigenvalue weighted by atomic mass is 9.93. The lowest BCUT2D eigenvalue weighted by molar-refractivity contribution is -0.138. The van der Waals surface area contributed by atoms with Gasteiger partial charge >= 0.3 is 5.97 Å². The number of hydrogen-bond donors (Lipinski definition) is 0. The predicted octanol–water partition coefficient (Wildman–Crippen LogP) is 4.59. The van der Waals surface area contributed by atoms with Crippen LogP contribution in [0.25, 0.3) is 11.8 Å². The average molecular weight is 501 g/mol. The van der Waals surface area contributed by atoms with Crippen LogP contribution in [-0.2, 0) is 9.53 Å². The number of thiazole rings is 1. The van der Waals surface area contributed by atoms with Crippen LogP contribution in [0.5, 0.6) is 0 Å². The van der Waals surface area contributed by atoms with E-state index in [4.69, 9.17) is 21.3 Å². The highest BCUT2D eigenvalue weighted by molar-refractivity contribution is 7.07. The Morgan fingerprint density at radius 1 is 1.03 bits per heavy atom. The van der Waals surface area contributed by atoms with E-state index in [1.54, 1.807) is 23.6 Å². The molecule has 1 aliphatic heterocycles. The Hall–Kier alpha value is -3.74. The van der Waals surface area contributed by atoms with E-state index in [0.717, 1.165) is 16.7 Å². The standard InChI is InChI=1S/C28H21ClN2O3S/c1-2-34-27(33)23-24(18-11-5-3-6-12-18)30-28-31(25(23)19-13-7-4-8-14-19)26(32)22(35-28)17-20-15-9-10-16-21(20)29/h3-17,25H,2H2,1H3. The Morgan fingerprint density at radius 3 is 2.37 bits per heavy atom. The van der Waals surface area contributed by atoms with Gasteiger partial charge in [0.15, 0.2) is 4.80 Å². The SMILES string of the molecule is CCOC(=O)C1=C(c2ccccc2)N=c2sc(=Cc3ccccc3Cl)c(=O)n2C1c1ccccc1. The minimum absolute atomic E-state index is 0.211. The Labute approximate surface area is 210 Å². The lowest BCUT2D eigenvalue weighted by Crippen LogP contribution is -2.40. The molecule has 0 N–H and O–H groups in total. The van der Waals surface area contributed by atoms with Gasteiger partial charge < -0.3 is 4.74 Å². The van der Waals surface area contributed by atoms with Crippen molar-refractivity contribution in [3.05, 3.63) is 132 Å². The fraction of sp³-hybridized carbons (Fsp3) is 0.107. The molecule has 5 rings (SSSR count). The summed E-state index contributed by atoms with van der Waals surface area (Å²) in [5.41, 5.74) is 2.91. The zero-order valence-corrected chi connectivity index (χ0v) is 20.4. The van der Waals surface area contributed by atoms with E-state index >= 15 is 0 Å². The van der Waals surface area contributed by atoms with Crippen molar-refractivity contribution < 1.29 is 9.53 Å². The highest BCUT2D eigenvalue weighted by Gasteiger charge is 2.35. The van der Waals surface area contributed by atoms with Gasteiger partial charge in [-0.2, -0.15) is 0 Å². The third-order valence-electron chi connectivity index (χ3n) is 5.68. The molecule has 4 aromatic rings. The Morgan fingerprint density at radius 2 is 1.69 bits per heavy atom. The molecule has 0 radical (unpaired) electrons. The number of nitrogens with zero attached hydrogens (tertiary/aromatic N) is 2. The van der Waals surface area contributed by atoms with Crippen LogP contribution in [-0.4, -0.2) is 17.1 Å². The van der Waals surface area contributed by atoms with Crippen LogP contribution in [0, 0.1) is 0 Å². The largest absolute Gasteiger partial charge is 0.463 e. The molecule has 0 saturated carbocycles. The molecule has 1 unspecified atom stereocenters. The number of esters is 1. The molecule has 35 heavy (non-hydrogen) atoms. The molecule has 5 nitrogen and oxygen atoms in total. The summed E-state index contributed by atoms with van der Waals surface area (Å²) < 4.78 is 7.53. The highest BCUT2D eigenvalue weighted by atomic mass is 35.5. The molecule has 1 aliphatic rings. The number of ether oxygens (including phenoxy) is 1. The van der Waals surface area contributed by atoms with Gasteiger partial charge in [-0.05, 0) is 30.2 Å². The second kappa shape index (κ2) is 9.86. The third-order valence-corrected chi connectivity index (χ3v) is 7.01. The molecule has 7 heteroatoms. The van der Waals surface area contributed by atoms with Crippen molar-refractivity contribution in [2.24, 2.45) is 4.99 Å². The molecule has 0 aliphatic carbocycles. The average Bonchev–Trinajstić information content (AvgIpc) is 3.20. The van der Waals surface area contributed by atoms with Crippen molar-refractivity contribution in [3.63, 3.8) is 0 Å². The van der Waals surface area contributed by atoms with Gasteiger partial charge in [0, 0.05) is 10.6 Å². The molecule has 1 atom stereocenters. The van der Waals surface area contributed by atoms with Crippen LogP contribution >= 0.6 is 22.9 Å². The minimum Gasteiger partial charge on any atom is -0.463 e. The lowest BCUT2D eigenvalue weighted by Gasteiger charge is -2.25. The van der Waals surface area contributed by atoms with Crippen LogP contribution in [0.4, 0.5) is 0 Å². The van der Waals surface area contributed by atoms with E-state index in [0.29, 0.717) is 25.6 Å². The summed E-state index contributed by atoms with van der Waals surface area (Å²) in [5.74, 6) is -0.496. The van der Waals surface area contributed by atoms with E-state index in [9.17, 15) is 9.59 Å². The smallest absolute Gasteiger partial charge is 0.338 e. The molecule has 0 spiro atoms. The second-order valence-electron chi connectivity index (χ2n) is 7.86. The van der Waals surface area contributed by atoms with Gasteiger partial charge in [0.2, 0.25) is 0 Å². The number of carbonyl (C=O) groups is 1. The summed E-state index contributed by atoms with van der Waals surface area (Å²) in [5, 5.41) is 0.551. The summed E-state index contributed by atoms with van der Waals surface area (Å²) >= 11 is 7.62. The highest BCUT2D eigenvalue weighted by Crippen LogP contribution is 2.35. The zero-order chi connectivity index (χ0) is 24.4. The van der Waals surface area contributed by atoms with Crippen molar-refractivity contribution in [1.82, 2.24) is 4.57 Å². The van der Waals surface area contributed by atoms with Crippen LogP contribution in [0.1, 0.15) is 29.7 Å². The first-order valence-electron chi connectivity index (χ1n) is 11.2. The summed E-state index contributed by atoms with van der Waals surface area (Å²) in [6.07, 6.45) is 1.77. The van der Waals surface area contributed by atoms with Crippen LogP contribution in [0.3, 0.4) is 0 Å². The zero-order valence-electron chi connectivity index (χ0n) is 18.9. The number of carbonyl (C=O) groups excluding carboxylic acids is 1. The normalized spacial score (nSPS) is 15.5. The van der Waals surface area contributed by atoms with Gasteiger partial charge in [-0.1, -0.05) is 102 Å². The summed E-state index contributed by atoms with van der Waals surface area (Å²) in [6.45, 7) is 1.97. The van der Waals surface area contributed by atoms with E-state index in [-0.39, 0.29) is 12.2 Å². The molecule has 3 aromatic carbocycles. The van der Waals surface area contributed by atoms with Gasteiger partial charge in [0.05, 0.1) is 28.5 Å². The summed E-state index contributed by atoms with van der Waals surface area (Å²) in [4.78, 5) is 32.4. The van der Waals surface area contributed by atoms with E-state index < -0.39 is 12.0 Å². The maximum Gasteiger partial charge on any atom is 0.338 e. The van der Waals surface area contributed by atoms with Gasteiger partial charge in [-0.3, -0.25) is 9.36 Å². The molecule has 0 amide bonds. The van der Waals surface area contributed by atoms with Crippen LogP contribution in [0.2, 0.25) is 5.02 Å². The number of benzene rings is 3. The number of fused-ring (bicyclic) bond motifs is 1. The first kappa shape index (κ1) is 23.0. The fourth-order valence-electron chi connectivity index (χ4n) is 4.12. The van der Waals surface area contributed by atoms with E-state index in [2.05, 4.69) is 0 Å². The van der Waals surface area contributed by atoms with E-state index in [1.165, 1.54) is 11.3 Å². The first-order chi connectivity index (χ1) is 17.1. The summed E-state index contributed by atoms with van der Waals surface area (Å²) in [6, 6.07) is 25.6. The van der Waals surface area contributed by atoms with Crippen LogP contribution in [0.15, 0.2) is 100 Å². The molecule has 1 aromatic heterocycles. The quantitative estimate of drug-likeness (QED) is 0.377. The Bertz CT molecular complexity index is 1610. The second-order valence-corrected chi connectivity index (χ2v) is 9.28. The number of aromatic nitrogens is 1. The Balaban J connectivity index is 1.84. The summed E-state index contributed by atoms with van der Waals surface area (Å²) in [7, 11) is 0. The van der Waals surface area contributed by atoms with Gasteiger partial charge in [-0.15, -0.1) is 0 Å².